The van der Waals surface area contributed by atoms with Crippen LogP contribution in [0.2, 0.25) is 10.0 Å². The minimum absolute atomic E-state index is 0.325. The highest BCUT2D eigenvalue weighted by molar-refractivity contribution is 7.80. The molecule has 25 heavy (non-hydrogen) atoms. The van der Waals surface area contributed by atoms with E-state index in [-0.39, 0.29) is 5.97 Å². The number of carbonyl (C=O) groups is 1. The van der Waals surface area contributed by atoms with Crippen molar-refractivity contribution in [3.8, 4) is 0 Å². The SMILES string of the molecule is COC(=O)c1c(NC(=S)NCc2ccc(Cl)c(Cl)c2)sc2c1CCC2. The van der Waals surface area contributed by atoms with Gasteiger partial charge in [-0.1, -0.05) is 29.3 Å². The Labute approximate surface area is 165 Å². The molecule has 1 heterocycles. The number of ether oxygens (including phenoxy) is 1. The monoisotopic (exact) mass is 414 g/mol. The second-order valence-corrected chi connectivity index (χ2v) is 7.94. The molecule has 8 heteroatoms. The molecular weight excluding hydrogens is 399 g/mol. The van der Waals surface area contributed by atoms with E-state index in [4.69, 9.17) is 40.2 Å². The second kappa shape index (κ2) is 7.91. The van der Waals surface area contributed by atoms with Crippen LogP contribution in [0.15, 0.2) is 18.2 Å². The van der Waals surface area contributed by atoms with Gasteiger partial charge in [-0.2, -0.15) is 0 Å². The Hall–Kier alpha value is -1.34. The van der Waals surface area contributed by atoms with Gasteiger partial charge in [-0.25, -0.2) is 4.79 Å². The lowest BCUT2D eigenvalue weighted by molar-refractivity contribution is 0.0601. The third-order valence-electron chi connectivity index (χ3n) is 3.97. The fourth-order valence-corrected chi connectivity index (χ4v) is 4.63. The Morgan fingerprint density at radius 1 is 1.32 bits per heavy atom. The maximum atomic E-state index is 12.1. The first-order valence-corrected chi connectivity index (χ1v) is 9.69. The van der Waals surface area contributed by atoms with Gasteiger partial charge in [-0.15, -0.1) is 11.3 Å². The molecule has 0 unspecified atom stereocenters. The summed E-state index contributed by atoms with van der Waals surface area (Å²) < 4.78 is 4.93. The number of anilines is 1. The van der Waals surface area contributed by atoms with Gasteiger partial charge in [0.15, 0.2) is 5.11 Å². The van der Waals surface area contributed by atoms with Gasteiger partial charge in [-0.3, -0.25) is 0 Å². The van der Waals surface area contributed by atoms with Crippen LogP contribution in [0, 0.1) is 0 Å². The third kappa shape index (κ3) is 4.08. The molecule has 2 aromatic rings. The Kier molecular flexibility index (Phi) is 5.84. The number of methoxy groups -OCH3 is 1. The summed E-state index contributed by atoms with van der Waals surface area (Å²) in [6, 6.07) is 5.42. The van der Waals surface area contributed by atoms with E-state index in [2.05, 4.69) is 10.6 Å². The predicted molar refractivity (Wildman–Crippen MR) is 107 cm³/mol. The van der Waals surface area contributed by atoms with Gasteiger partial charge >= 0.3 is 5.97 Å². The zero-order valence-electron chi connectivity index (χ0n) is 13.4. The molecule has 4 nitrogen and oxygen atoms in total. The molecule has 2 N–H and O–H groups in total. The molecule has 0 atom stereocenters. The number of aryl methyl sites for hydroxylation is 1. The molecule has 0 saturated heterocycles. The summed E-state index contributed by atoms with van der Waals surface area (Å²) in [5.74, 6) is -0.325. The zero-order chi connectivity index (χ0) is 18.0. The number of fused-ring (bicyclic) bond motifs is 1. The predicted octanol–water partition coefficient (Wildman–Crippen LogP) is 4.82. The lowest BCUT2D eigenvalue weighted by atomic mass is 10.1. The lowest BCUT2D eigenvalue weighted by Gasteiger charge is -2.11. The van der Waals surface area contributed by atoms with Crippen molar-refractivity contribution in [3.05, 3.63) is 49.8 Å². The number of nitrogens with one attached hydrogen (secondary N) is 2. The Morgan fingerprint density at radius 3 is 2.84 bits per heavy atom. The van der Waals surface area contributed by atoms with E-state index in [0.29, 0.717) is 27.3 Å². The van der Waals surface area contributed by atoms with Crippen LogP contribution in [0.4, 0.5) is 5.00 Å². The molecule has 0 spiro atoms. The van der Waals surface area contributed by atoms with Gasteiger partial charge in [0.2, 0.25) is 0 Å². The van der Waals surface area contributed by atoms with Crippen molar-refractivity contribution in [1.82, 2.24) is 5.32 Å². The standard InChI is InChI=1S/C17H16Cl2N2O2S2/c1-23-16(22)14-10-3-2-4-13(10)25-15(14)21-17(24)20-8-9-5-6-11(18)12(19)7-9/h5-7H,2-4,8H2,1H3,(H2,20,21,24). The van der Waals surface area contributed by atoms with E-state index in [1.54, 1.807) is 23.5 Å². The highest BCUT2D eigenvalue weighted by Gasteiger charge is 2.27. The van der Waals surface area contributed by atoms with Crippen LogP contribution in [0.25, 0.3) is 0 Å². The quantitative estimate of drug-likeness (QED) is 0.554. The van der Waals surface area contributed by atoms with Crippen molar-refractivity contribution in [1.29, 1.82) is 0 Å². The van der Waals surface area contributed by atoms with Crippen molar-refractivity contribution in [2.24, 2.45) is 0 Å². The molecule has 1 aromatic carbocycles. The highest BCUT2D eigenvalue weighted by atomic mass is 35.5. The average molecular weight is 415 g/mol. The molecule has 3 rings (SSSR count). The molecule has 0 saturated carbocycles. The Morgan fingerprint density at radius 2 is 2.12 bits per heavy atom. The van der Waals surface area contributed by atoms with Gasteiger partial charge in [-0.05, 0) is 54.7 Å². The summed E-state index contributed by atoms with van der Waals surface area (Å²) >= 11 is 18.9. The van der Waals surface area contributed by atoms with Crippen LogP contribution >= 0.6 is 46.8 Å². The molecule has 1 aliphatic carbocycles. The van der Waals surface area contributed by atoms with E-state index < -0.39 is 0 Å². The van der Waals surface area contributed by atoms with Gasteiger partial charge in [0.05, 0.1) is 22.7 Å². The van der Waals surface area contributed by atoms with Crippen molar-refractivity contribution in [2.75, 3.05) is 12.4 Å². The van der Waals surface area contributed by atoms with Crippen LogP contribution in [0.3, 0.4) is 0 Å². The van der Waals surface area contributed by atoms with Crippen molar-refractivity contribution < 1.29 is 9.53 Å². The largest absolute Gasteiger partial charge is 0.465 e. The topological polar surface area (TPSA) is 50.4 Å². The van der Waals surface area contributed by atoms with Crippen molar-refractivity contribution in [2.45, 2.75) is 25.8 Å². The van der Waals surface area contributed by atoms with E-state index >= 15 is 0 Å². The normalized spacial score (nSPS) is 12.6. The van der Waals surface area contributed by atoms with Gasteiger partial charge in [0.1, 0.15) is 5.00 Å². The van der Waals surface area contributed by atoms with Crippen LogP contribution in [-0.2, 0) is 24.1 Å². The first kappa shape index (κ1) is 18.5. The number of rotatable bonds is 4. The number of thiocarbonyl (C=S) groups is 1. The molecular formula is C17H16Cl2N2O2S2. The molecule has 132 valence electrons. The summed E-state index contributed by atoms with van der Waals surface area (Å²) in [6.07, 6.45) is 2.97. The molecule has 0 fully saturated rings. The highest BCUT2D eigenvalue weighted by Crippen LogP contribution is 2.39. The number of thiophene rings is 1. The fourth-order valence-electron chi connectivity index (χ4n) is 2.79. The fraction of sp³-hybridized carbons (Fsp3) is 0.294. The van der Waals surface area contributed by atoms with Crippen molar-refractivity contribution in [3.63, 3.8) is 0 Å². The minimum Gasteiger partial charge on any atom is -0.465 e. The summed E-state index contributed by atoms with van der Waals surface area (Å²) in [6.45, 7) is 0.501. The lowest BCUT2D eigenvalue weighted by Crippen LogP contribution is -2.28. The van der Waals surface area contributed by atoms with Crippen LogP contribution in [0.1, 0.15) is 32.8 Å². The second-order valence-electron chi connectivity index (χ2n) is 5.61. The number of carbonyl (C=O) groups excluding carboxylic acids is 1. The molecule has 0 bridgehead atoms. The first-order valence-electron chi connectivity index (χ1n) is 7.71. The summed E-state index contributed by atoms with van der Waals surface area (Å²) in [4.78, 5) is 13.4. The smallest absolute Gasteiger partial charge is 0.341 e. The minimum atomic E-state index is -0.325. The molecule has 1 aliphatic rings. The molecule has 1 aromatic heterocycles. The summed E-state index contributed by atoms with van der Waals surface area (Å²) in [5, 5.41) is 8.44. The van der Waals surface area contributed by atoms with Crippen molar-refractivity contribution >= 4 is 62.8 Å². The number of hydrogen-bond donors (Lipinski definition) is 2. The van der Waals surface area contributed by atoms with Crippen LogP contribution < -0.4 is 10.6 Å². The maximum absolute atomic E-state index is 12.1. The van der Waals surface area contributed by atoms with Gasteiger partial charge < -0.3 is 15.4 Å². The average Bonchev–Trinajstić information content (AvgIpc) is 3.16. The number of hydrogen-bond acceptors (Lipinski definition) is 4. The maximum Gasteiger partial charge on any atom is 0.341 e. The number of esters is 1. The third-order valence-corrected chi connectivity index (χ3v) is 6.17. The Bertz CT molecular complexity index is 836. The van der Waals surface area contributed by atoms with Crippen LogP contribution in [-0.4, -0.2) is 18.2 Å². The summed E-state index contributed by atoms with van der Waals surface area (Å²) in [5.41, 5.74) is 2.66. The van der Waals surface area contributed by atoms with Gasteiger partial charge in [0.25, 0.3) is 0 Å². The first-order chi connectivity index (χ1) is 12.0. The molecule has 0 aliphatic heterocycles. The number of benzene rings is 1. The Balaban J connectivity index is 1.69. The van der Waals surface area contributed by atoms with Gasteiger partial charge in [0, 0.05) is 11.4 Å². The van der Waals surface area contributed by atoms with E-state index in [1.165, 1.54) is 12.0 Å². The van der Waals surface area contributed by atoms with E-state index in [0.717, 1.165) is 35.4 Å². The number of halogens is 2. The van der Waals surface area contributed by atoms with E-state index in [9.17, 15) is 4.79 Å². The zero-order valence-corrected chi connectivity index (χ0v) is 16.6. The van der Waals surface area contributed by atoms with E-state index in [1.807, 2.05) is 6.07 Å². The molecule has 0 amide bonds. The summed E-state index contributed by atoms with van der Waals surface area (Å²) in [7, 11) is 1.39. The molecule has 0 radical (unpaired) electrons. The van der Waals surface area contributed by atoms with Crippen LogP contribution in [0.5, 0.6) is 0 Å².